The number of piperazine rings is 1. The van der Waals surface area contributed by atoms with Crippen molar-refractivity contribution in [2.24, 2.45) is 0 Å². The first-order valence-corrected chi connectivity index (χ1v) is 8.02. The second kappa shape index (κ2) is 7.43. The molecule has 25 heavy (non-hydrogen) atoms. The third kappa shape index (κ3) is 4.21. The highest BCUT2D eigenvalue weighted by Gasteiger charge is 2.32. The molecule has 7 nitrogen and oxygen atoms in total. The van der Waals surface area contributed by atoms with Gasteiger partial charge >= 0.3 is 0 Å². The minimum Gasteiger partial charge on any atom is -0.361 e. The van der Waals surface area contributed by atoms with Gasteiger partial charge in [0.1, 0.15) is 17.6 Å². The summed E-state index contributed by atoms with van der Waals surface area (Å²) in [6.07, 6.45) is 0.0567. The number of benzene rings is 1. The number of nitrogens with one attached hydrogen (secondary N) is 2. The highest BCUT2D eigenvalue weighted by molar-refractivity contribution is 5.97. The van der Waals surface area contributed by atoms with E-state index in [9.17, 15) is 14.0 Å². The first-order chi connectivity index (χ1) is 12.0. The molecule has 1 aliphatic rings. The monoisotopic (exact) mass is 346 g/mol. The normalized spacial score (nSPS) is 17.4. The first-order valence-electron chi connectivity index (χ1n) is 8.02. The van der Waals surface area contributed by atoms with Crippen molar-refractivity contribution in [1.82, 2.24) is 15.4 Å². The molecule has 132 valence electrons. The van der Waals surface area contributed by atoms with Crippen LogP contribution < -0.4 is 10.6 Å². The molecule has 3 rings (SSSR count). The molecule has 0 bridgehead atoms. The zero-order valence-electron chi connectivity index (χ0n) is 13.8. The van der Waals surface area contributed by atoms with Gasteiger partial charge in [-0.1, -0.05) is 5.16 Å². The third-order valence-electron chi connectivity index (χ3n) is 3.98. The van der Waals surface area contributed by atoms with Gasteiger partial charge in [0.05, 0.1) is 12.1 Å². The number of amides is 2. The van der Waals surface area contributed by atoms with Crippen LogP contribution in [0.2, 0.25) is 0 Å². The lowest BCUT2D eigenvalue weighted by atomic mass is 10.1. The lowest BCUT2D eigenvalue weighted by Gasteiger charge is -2.35. The lowest BCUT2D eigenvalue weighted by Crippen LogP contribution is -2.58. The average molecular weight is 346 g/mol. The molecule has 2 heterocycles. The fourth-order valence-electron chi connectivity index (χ4n) is 2.75. The Hall–Kier alpha value is -2.74. The van der Waals surface area contributed by atoms with Crippen LogP contribution in [0.1, 0.15) is 11.5 Å². The number of rotatable bonds is 4. The largest absolute Gasteiger partial charge is 0.361 e. The molecule has 1 fully saturated rings. The van der Waals surface area contributed by atoms with E-state index >= 15 is 0 Å². The summed E-state index contributed by atoms with van der Waals surface area (Å²) in [7, 11) is 0. The van der Waals surface area contributed by atoms with Gasteiger partial charge in [0, 0.05) is 31.4 Å². The standard InChI is InChI=1S/C17H19FN4O3/c1-11-8-14(25-21-11)9-16(23)22-7-6-19-10-15(22)17(24)20-13-4-2-12(18)3-5-13/h2-5,8,15,19H,6-7,9-10H2,1H3,(H,20,24). The topological polar surface area (TPSA) is 87.5 Å². The second-order valence-electron chi connectivity index (χ2n) is 5.91. The van der Waals surface area contributed by atoms with Crippen LogP contribution in [0.3, 0.4) is 0 Å². The molecule has 1 aromatic heterocycles. The van der Waals surface area contributed by atoms with E-state index in [1.54, 1.807) is 13.0 Å². The number of nitrogens with zero attached hydrogens (tertiary/aromatic N) is 2. The Bertz CT molecular complexity index is 760. The Morgan fingerprint density at radius 2 is 2.16 bits per heavy atom. The Morgan fingerprint density at radius 3 is 2.84 bits per heavy atom. The highest BCUT2D eigenvalue weighted by atomic mass is 19.1. The van der Waals surface area contributed by atoms with Crippen LogP contribution in [-0.2, 0) is 16.0 Å². The summed E-state index contributed by atoms with van der Waals surface area (Å²) in [6.45, 7) is 3.17. The molecule has 1 aromatic carbocycles. The number of carbonyl (C=O) groups is 2. The summed E-state index contributed by atoms with van der Waals surface area (Å²) in [5.41, 5.74) is 1.18. The van der Waals surface area contributed by atoms with E-state index in [0.717, 1.165) is 0 Å². The molecule has 2 aromatic rings. The van der Waals surface area contributed by atoms with E-state index in [0.29, 0.717) is 36.8 Å². The van der Waals surface area contributed by atoms with E-state index < -0.39 is 6.04 Å². The molecule has 0 saturated carbocycles. The zero-order valence-corrected chi connectivity index (χ0v) is 13.8. The predicted octanol–water partition coefficient (Wildman–Crippen LogP) is 1.10. The Morgan fingerprint density at radius 1 is 1.40 bits per heavy atom. The van der Waals surface area contributed by atoms with Crippen LogP contribution in [0.4, 0.5) is 10.1 Å². The van der Waals surface area contributed by atoms with E-state index in [1.165, 1.54) is 29.2 Å². The summed E-state index contributed by atoms with van der Waals surface area (Å²) in [4.78, 5) is 26.7. The first kappa shape index (κ1) is 17.1. The van der Waals surface area contributed by atoms with Crippen LogP contribution >= 0.6 is 0 Å². The number of hydrogen-bond acceptors (Lipinski definition) is 5. The molecular weight excluding hydrogens is 327 g/mol. The molecule has 0 aliphatic carbocycles. The number of aromatic nitrogens is 1. The van der Waals surface area contributed by atoms with Crippen molar-refractivity contribution in [2.45, 2.75) is 19.4 Å². The third-order valence-corrected chi connectivity index (χ3v) is 3.98. The zero-order chi connectivity index (χ0) is 17.8. The van der Waals surface area contributed by atoms with Gasteiger partial charge < -0.3 is 20.1 Å². The predicted molar refractivity (Wildman–Crippen MR) is 88.3 cm³/mol. The van der Waals surface area contributed by atoms with Gasteiger partial charge in [-0.25, -0.2) is 4.39 Å². The summed E-state index contributed by atoms with van der Waals surface area (Å²) < 4.78 is 18.0. The maximum absolute atomic E-state index is 13.0. The van der Waals surface area contributed by atoms with E-state index in [4.69, 9.17) is 4.52 Å². The second-order valence-corrected chi connectivity index (χ2v) is 5.91. The van der Waals surface area contributed by atoms with Gasteiger partial charge in [0.25, 0.3) is 0 Å². The SMILES string of the molecule is Cc1cc(CC(=O)N2CCNCC2C(=O)Nc2ccc(F)cc2)on1. The van der Waals surface area contributed by atoms with Crippen LogP contribution in [0.15, 0.2) is 34.9 Å². The Kier molecular flexibility index (Phi) is 5.08. The van der Waals surface area contributed by atoms with Crippen molar-refractivity contribution >= 4 is 17.5 Å². The molecule has 1 atom stereocenters. The molecule has 1 aliphatic heterocycles. The maximum Gasteiger partial charge on any atom is 0.248 e. The number of carbonyl (C=O) groups excluding carboxylic acids is 2. The number of halogens is 1. The molecule has 0 radical (unpaired) electrons. The average Bonchev–Trinajstić information content (AvgIpc) is 3.01. The van der Waals surface area contributed by atoms with E-state index in [2.05, 4.69) is 15.8 Å². The van der Waals surface area contributed by atoms with Crippen molar-refractivity contribution in [3.05, 3.63) is 47.6 Å². The van der Waals surface area contributed by atoms with Gasteiger partial charge in [-0.05, 0) is 31.2 Å². The minimum atomic E-state index is -0.643. The number of aryl methyl sites for hydroxylation is 1. The van der Waals surface area contributed by atoms with Gasteiger partial charge in [0.2, 0.25) is 11.8 Å². The minimum absolute atomic E-state index is 0.0567. The fourth-order valence-corrected chi connectivity index (χ4v) is 2.75. The van der Waals surface area contributed by atoms with Crippen LogP contribution in [0.5, 0.6) is 0 Å². The smallest absolute Gasteiger partial charge is 0.248 e. The highest BCUT2D eigenvalue weighted by Crippen LogP contribution is 2.13. The van der Waals surface area contributed by atoms with Gasteiger partial charge in [0.15, 0.2) is 0 Å². The van der Waals surface area contributed by atoms with Gasteiger partial charge in [-0.3, -0.25) is 9.59 Å². The lowest BCUT2D eigenvalue weighted by molar-refractivity contribution is -0.139. The van der Waals surface area contributed by atoms with Crippen molar-refractivity contribution in [2.75, 3.05) is 25.0 Å². The van der Waals surface area contributed by atoms with Crippen LogP contribution in [0, 0.1) is 12.7 Å². The quantitative estimate of drug-likeness (QED) is 0.866. The molecule has 2 N–H and O–H groups in total. The molecular formula is C17H19FN4O3. The van der Waals surface area contributed by atoms with Crippen molar-refractivity contribution < 1.29 is 18.5 Å². The summed E-state index contributed by atoms with van der Waals surface area (Å²) in [5, 5.41) is 9.59. The van der Waals surface area contributed by atoms with E-state index in [1.807, 2.05) is 0 Å². The number of hydrogen-bond donors (Lipinski definition) is 2. The Balaban J connectivity index is 1.68. The summed E-state index contributed by atoms with van der Waals surface area (Å²) >= 11 is 0. The van der Waals surface area contributed by atoms with E-state index in [-0.39, 0.29) is 24.1 Å². The van der Waals surface area contributed by atoms with Crippen molar-refractivity contribution in [3.8, 4) is 0 Å². The fraction of sp³-hybridized carbons (Fsp3) is 0.353. The van der Waals surface area contributed by atoms with Crippen LogP contribution in [0.25, 0.3) is 0 Å². The molecule has 8 heteroatoms. The summed E-state index contributed by atoms with van der Waals surface area (Å²) in [5.74, 6) is -0.423. The summed E-state index contributed by atoms with van der Waals surface area (Å²) in [6, 6.07) is 6.55. The van der Waals surface area contributed by atoms with Crippen molar-refractivity contribution in [3.63, 3.8) is 0 Å². The molecule has 2 amide bonds. The maximum atomic E-state index is 13.0. The van der Waals surface area contributed by atoms with Crippen molar-refractivity contribution in [1.29, 1.82) is 0 Å². The molecule has 1 unspecified atom stereocenters. The molecule has 0 spiro atoms. The molecule has 1 saturated heterocycles. The van der Waals surface area contributed by atoms with Crippen LogP contribution in [-0.4, -0.2) is 47.5 Å². The Labute approximate surface area is 144 Å². The van der Waals surface area contributed by atoms with Gasteiger partial charge in [-0.15, -0.1) is 0 Å². The number of anilines is 1. The van der Waals surface area contributed by atoms with Gasteiger partial charge in [-0.2, -0.15) is 0 Å².